The lowest BCUT2D eigenvalue weighted by Crippen LogP contribution is -2.26. The van der Waals surface area contributed by atoms with Gasteiger partial charge in [0.05, 0.1) is 12.7 Å². The van der Waals surface area contributed by atoms with E-state index in [0.29, 0.717) is 23.5 Å². The van der Waals surface area contributed by atoms with Crippen LogP contribution in [0.3, 0.4) is 0 Å². The summed E-state index contributed by atoms with van der Waals surface area (Å²) >= 11 is 0. The summed E-state index contributed by atoms with van der Waals surface area (Å²) in [5.74, 6) is -0.111. The molecule has 21 heavy (non-hydrogen) atoms. The number of nitrogens with zero attached hydrogens (tertiary/aromatic N) is 1. The molecule has 0 spiro atoms. The second-order valence-corrected chi connectivity index (χ2v) is 4.75. The molecule has 0 fully saturated rings. The fourth-order valence-corrected chi connectivity index (χ4v) is 2.07. The predicted octanol–water partition coefficient (Wildman–Crippen LogP) is 2.69. The average Bonchev–Trinajstić information content (AvgIpc) is 2.46. The summed E-state index contributed by atoms with van der Waals surface area (Å²) in [4.78, 5) is 13.9. The predicted molar refractivity (Wildman–Crippen MR) is 79.6 cm³/mol. The van der Waals surface area contributed by atoms with Crippen molar-refractivity contribution in [3.63, 3.8) is 0 Å². The fraction of sp³-hybridized carbons (Fsp3) is 0.188. The molecule has 0 unspecified atom stereocenters. The highest BCUT2D eigenvalue weighted by molar-refractivity contribution is 5.97. The van der Waals surface area contributed by atoms with Crippen molar-refractivity contribution in [2.24, 2.45) is 0 Å². The summed E-state index contributed by atoms with van der Waals surface area (Å²) in [6, 6.07) is 11.0. The molecule has 0 saturated carbocycles. The topological polar surface area (TPSA) is 55.6 Å². The maximum absolute atomic E-state index is 13.2. The molecule has 2 aromatic carbocycles. The van der Waals surface area contributed by atoms with Crippen LogP contribution in [0.1, 0.15) is 15.9 Å². The highest BCUT2D eigenvalue weighted by atomic mass is 19.1. The third kappa shape index (κ3) is 3.51. The first-order valence-electron chi connectivity index (χ1n) is 6.44. The minimum atomic E-state index is -0.321. The van der Waals surface area contributed by atoms with Crippen LogP contribution in [-0.2, 0) is 6.54 Å². The zero-order valence-corrected chi connectivity index (χ0v) is 12.0. The van der Waals surface area contributed by atoms with Crippen LogP contribution in [0.15, 0.2) is 42.5 Å². The zero-order valence-electron chi connectivity index (χ0n) is 12.0. The maximum atomic E-state index is 13.2. The van der Waals surface area contributed by atoms with Crippen LogP contribution in [-0.4, -0.2) is 25.0 Å². The number of carbonyl (C=O) groups excluding carboxylic acids is 1. The molecule has 0 aliphatic rings. The van der Waals surface area contributed by atoms with Crippen molar-refractivity contribution in [2.75, 3.05) is 19.9 Å². The van der Waals surface area contributed by atoms with Crippen LogP contribution in [0.25, 0.3) is 0 Å². The molecule has 5 heteroatoms. The lowest BCUT2D eigenvalue weighted by Gasteiger charge is -2.19. The zero-order chi connectivity index (χ0) is 15.4. The number of ether oxygens (including phenoxy) is 1. The summed E-state index contributed by atoms with van der Waals surface area (Å²) in [5, 5.41) is 0. The van der Waals surface area contributed by atoms with Crippen molar-refractivity contribution in [1.82, 2.24) is 4.90 Å². The molecular weight excluding hydrogens is 271 g/mol. The van der Waals surface area contributed by atoms with Crippen molar-refractivity contribution in [3.05, 3.63) is 59.4 Å². The monoisotopic (exact) mass is 288 g/mol. The number of halogens is 1. The van der Waals surface area contributed by atoms with Crippen molar-refractivity contribution in [1.29, 1.82) is 0 Å². The van der Waals surface area contributed by atoms with E-state index in [4.69, 9.17) is 10.5 Å². The average molecular weight is 288 g/mol. The second kappa shape index (κ2) is 6.26. The molecule has 0 heterocycles. The van der Waals surface area contributed by atoms with E-state index >= 15 is 0 Å². The van der Waals surface area contributed by atoms with E-state index in [0.717, 1.165) is 5.56 Å². The van der Waals surface area contributed by atoms with Gasteiger partial charge >= 0.3 is 0 Å². The number of hydrogen-bond donors (Lipinski definition) is 1. The van der Waals surface area contributed by atoms with Gasteiger partial charge in [-0.05, 0) is 29.8 Å². The third-order valence-corrected chi connectivity index (χ3v) is 3.11. The number of hydrogen-bond acceptors (Lipinski definition) is 3. The Morgan fingerprint density at radius 2 is 2.05 bits per heavy atom. The van der Waals surface area contributed by atoms with Gasteiger partial charge in [0.25, 0.3) is 5.91 Å². The molecule has 0 aliphatic carbocycles. The molecule has 0 bridgehead atoms. The standard InChI is InChI=1S/C16H17FN2O2/c1-19(10-11-4-3-5-12(17)8-11)16(20)14-7-6-13(18)9-15(14)21-2/h3-9H,10,18H2,1-2H3. The number of nitrogens with two attached hydrogens (primary N) is 1. The number of methoxy groups -OCH3 is 1. The Hall–Kier alpha value is -2.56. The van der Waals surface area contributed by atoms with Crippen molar-refractivity contribution in [3.8, 4) is 5.75 Å². The van der Waals surface area contributed by atoms with E-state index in [1.54, 1.807) is 37.4 Å². The molecular formula is C16H17FN2O2. The minimum Gasteiger partial charge on any atom is -0.496 e. The first-order valence-corrected chi connectivity index (χ1v) is 6.44. The molecule has 0 atom stereocenters. The molecule has 0 radical (unpaired) electrons. The van der Waals surface area contributed by atoms with E-state index in [9.17, 15) is 9.18 Å². The van der Waals surface area contributed by atoms with E-state index in [1.165, 1.54) is 24.1 Å². The molecule has 0 aliphatic heterocycles. The van der Waals surface area contributed by atoms with Crippen LogP contribution in [0.4, 0.5) is 10.1 Å². The lowest BCUT2D eigenvalue weighted by molar-refractivity contribution is 0.0781. The Bertz CT molecular complexity index is 658. The summed E-state index contributed by atoms with van der Waals surface area (Å²) < 4.78 is 18.3. The van der Waals surface area contributed by atoms with E-state index in [-0.39, 0.29) is 11.7 Å². The normalized spacial score (nSPS) is 10.2. The number of anilines is 1. The van der Waals surface area contributed by atoms with Gasteiger partial charge in [-0.25, -0.2) is 4.39 Å². The molecule has 4 nitrogen and oxygen atoms in total. The Balaban J connectivity index is 2.19. The van der Waals surface area contributed by atoms with Crippen LogP contribution in [0.5, 0.6) is 5.75 Å². The molecule has 0 aromatic heterocycles. The number of carbonyl (C=O) groups is 1. The number of rotatable bonds is 4. The molecule has 2 aromatic rings. The van der Waals surface area contributed by atoms with Gasteiger partial charge in [0.1, 0.15) is 11.6 Å². The molecule has 2 rings (SSSR count). The highest BCUT2D eigenvalue weighted by Crippen LogP contribution is 2.23. The van der Waals surface area contributed by atoms with E-state index in [2.05, 4.69) is 0 Å². The molecule has 0 saturated heterocycles. The van der Waals surface area contributed by atoms with Gasteiger partial charge in [-0.1, -0.05) is 12.1 Å². The summed E-state index contributed by atoms with van der Waals surface area (Å²) in [6.07, 6.45) is 0. The number of nitrogen functional groups attached to an aromatic ring is 1. The summed E-state index contributed by atoms with van der Waals surface area (Å²) in [6.45, 7) is 0.310. The van der Waals surface area contributed by atoms with Crippen molar-refractivity contribution < 1.29 is 13.9 Å². The van der Waals surface area contributed by atoms with Crippen LogP contribution >= 0.6 is 0 Å². The quantitative estimate of drug-likeness (QED) is 0.880. The summed E-state index contributed by atoms with van der Waals surface area (Å²) in [7, 11) is 3.14. The SMILES string of the molecule is COc1cc(N)ccc1C(=O)N(C)Cc1cccc(F)c1. The van der Waals surface area contributed by atoms with Gasteiger partial charge < -0.3 is 15.4 Å². The van der Waals surface area contributed by atoms with Crippen LogP contribution in [0, 0.1) is 5.82 Å². The van der Waals surface area contributed by atoms with Gasteiger partial charge in [0.15, 0.2) is 0 Å². The smallest absolute Gasteiger partial charge is 0.257 e. The lowest BCUT2D eigenvalue weighted by atomic mass is 10.1. The Morgan fingerprint density at radius 3 is 2.71 bits per heavy atom. The number of amides is 1. The first kappa shape index (κ1) is 14.8. The molecule has 1 amide bonds. The van der Waals surface area contributed by atoms with Gasteiger partial charge in [-0.15, -0.1) is 0 Å². The molecule has 110 valence electrons. The van der Waals surface area contributed by atoms with Crippen LogP contribution in [0.2, 0.25) is 0 Å². The summed E-state index contributed by atoms with van der Waals surface area (Å²) in [5.41, 5.74) is 7.34. The highest BCUT2D eigenvalue weighted by Gasteiger charge is 2.17. The maximum Gasteiger partial charge on any atom is 0.257 e. The minimum absolute atomic E-state index is 0.212. The third-order valence-electron chi connectivity index (χ3n) is 3.11. The Labute approximate surface area is 122 Å². The second-order valence-electron chi connectivity index (χ2n) is 4.75. The van der Waals surface area contributed by atoms with E-state index < -0.39 is 0 Å². The van der Waals surface area contributed by atoms with Crippen LogP contribution < -0.4 is 10.5 Å². The van der Waals surface area contributed by atoms with Crippen molar-refractivity contribution in [2.45, 2.75) is 6.54 Å². The Kier molecular flexibility index (Phi) is 4.42. The first-order chi connectivity index (χ1) is 10.0. The largest absolute Gasteiger partial charge is 0.496 e. The van der Waals surface area contributed by atoms with Gasteiger partial charge in [-0.2, -0.15) is 0 Å². The van der Waals surface area contributed by atoms with Crippen molar-refractivity contribution >= 4 is 11.6 Å². The van der Waals surface area contributed by atoms with Gasteiger partial charge in [0, 0.05) is 25.3 Å². The Morgan fingerprint density at radius 1 is 1.29 bits per heavy atom. The van der Waals surface area contributed by atoms with E-state index in [1.807, 2.05) is 0 Å². The van der Waals surface area contributed by atoms with Gasteiger partial charge in [-0.3, -0.25) is 4.79 Å². The molecule has 2 N–H and O–H groups in total. The van der Waals surface area contributed by atoms with Gasteiger partial charge in [0.2, 0.25) is 0 Å². The fourth-order valence-electron chi connectivity index (χ4n) is 2.07. The number of benzene rings is 2.